The highest BCUT2D eigenvalue weighted by molar-refractivity contribution is 7.89. The summed E-state index contributed by atoms with van der Waals surface area (Å²) in [7, 11) is -0.404. The first kappa shape index (κ1) is 22.0. The topological polar surface area (TPSA) is 60.9 Å². The van der Waals surface area contributed by atoms with Crippen LogP contribution in [0.1, 0.15) is 29.5 Å². The van der Waals surface area contributed by atoms with Gasteiger partial charge >= 0.3 is 0 Å². The number of sulfonamides is 1. The first-order valence-electron chi connectivity index (χ1n) is 10.9. The molecule has 1 fully saturated rings. The van der Waals surface area contributed by atoms with Crippen LogP contribution in [0.5, 0.6) is 0 Å². The number of carbonyl (C=O) groups excluding carboxylic acids is 1. The van der Waals surface area contributed by atoms with E-state index >= 15 is 0 Å². The Hall–Kier alpha value is -2.22. The maximum Gasteiger partial charge on any atom is 0.242 e. The van der Waals surface area contributed by atoms with Crippen LogP contribution in [0.4, 0.5) is 5.69 Å². The molecule has 0 radical (unpaired) electrons. The molecule has 0 spiro atoms. The van der Waals surface area contributed by atoms with Gasteiger partial charge in [-0.25, -0.2) is 12.7 Å². The van der Waals surface area contributed by atoms with Crippen molar-refractivity contribution in [1.82, 2.24) is 9.21 Å². The summed E-state index contributed by atoms with van der Waals surface area (Å²) in [5.41, 5.74) is 4.47. The number of amides is 1. The molecule has 2 aliphatic heterocycles. The second-order valence-electron chi connectivity index (χ2n) is 8.79. The SMILES string of the molecule is Cc1ccccc1CN1CCC(C(=O)N2CCc3cc(S(=O)(=O)N(C)C)ccc32)CC1. The van der Waals surface area contributed by atoms with Gasteiger partial charge in [-0.2, -0.15) is 0 Å². The molecule has 2 aliphatic rings. The average Bonchev–Trinajstić information content (AvgIpc) is 3.18. The standard InChI is InChI=1S/C24H31N3O3S/c1-18-6-4-5-7-21(18)17-26-13-10-19(11-14-26)24(28)27-15-12-20-16-22(8-9-23(20)27)31(29,30)25(2)3/h4-9,16,19H,10-15,17H2,1-3H3. The summed E-state index contributed by atoms with van der Waals surface area (Å²) in [6.07, 6.45) is 2.43. The quantitative estimate of drug-likeness (QED) is 0.716. The number of anilines is 1. The third kappa shape index (κ3) is 4.40. The summed E-state index contributed by atoms with van der Waals surface area (Å²) in [6, 6.07) is 13.6. The molecule has 0 aromatic heterocycles. The lowest BCUT2D eigenvalue weighted by molar-refractivity contribution is -0.123. The summed E-state index contributed by atoms with van der Waals surface area (Å²) in [4.78, 5) is 17.8. The van der Waals surface area contributed by atoms with Crippen LogP contribution in [0.25, 0.3) is 0 Å². The van der Waals surface area contributed by atoms with Crippen molar-refractivity contribution in [1.29, 1.82) is 0 Å². The molecule has 31 heavy (non-hydrogen) atoms. The Bertz CT molecular complexity index is 1070. The molecule has 166 valence electrons. The number of piperidine rings is 1. The minimum absolute atomic E-state index is 0.0317. The Morgan fingerprint density at radius 1 is 1.06 bits per heavy atom. The molecule has 0 unspecified atom stereocenters. The average molecular weight is 442 g/mol. The zero-order valence-electron chi connectivity index (χ0n) is 18.5. The predicted molar refractivity (Wildman–Crippen MR) is 123 cm³/mol. The summed E-state index contributed by atoms with van der Waals surface area (Å²) < 4.78 is 26.1. The number of fused-ring (bicyclic) bond motifs is 1. The lowest BCUT2D eigenvalue weighted by atomic mass is 9.94. The summed E-state index contributed by atoms with van der Waals surface area (Å²) in [5.74, 6) is 0.210. The summed E-state index contributed by atoms with van der Waals surface area (Å²) >= 11 is 0. The number of likely N-dealkylation sites (tertiary alicyclic amines) is 1. The van der Waals surface area contributed by atoms with Gasteiger partial charge in [0, 0.05) is 38.8 Å². The normalized spacial score (nSPS) is 17.9. The zero-order valence-corrected chi connectivity index (χ0v) is 19.4. The molecule has 0 aliphatic carbocycles. The van der Waals surface area contributed by atoms with Gasteiger partial charge < -0.3 is 4.90 Å². The number of rotatable bonds is 5. The van der Waals surface area contributed by atoms with E-state index in [0.717, 1.165) is 43.7 Å². The van der Waals surface area contributed by atoms with E-state index in [2.05, 4.69) is 36.1 Å². The Morgan fingerprint density at radius 3 is 2.45 bits per heavy atom. The number of benzene rings is 2. The first-order valence-corrected chi connectivity index (χ1v) is 12.3. The van der Waals surface area contributed by atoms with Crippen LogP contribution in [0, 0.1) is 12.8 Å². The van der Waals surface area contributed by atoms with E-state index in [1.54, 1.807) is 18.2 Å². The highest BCUT2D eigenvalue weighted by Gasteiger charge is 2.33. The van der Waals surface area contributed by atoms with E-state index in [1.807, 2.05) is 4.90 Å². The second kappa shape index (κ2) is 8.73. The smallest absolute Gasteiger partial charge is 0.242 e. The predicted octanol–water partition coefficient (Wildman–Crippen LogP) is 3.05. The Labute approximate surface area is 185 Å². The monoisotopic (exact) mass is 441 g/mol. The maximum absolute atomic E-state index is 13.3. The fraction of sp³-hybridized carbons (Fsp3) is 0.458. The fourth-order valence-electron chi connectivity index (χ4n) is 4.57. The molecule has 2 heterocycles. The van der Waals surface area contributed by atoms with E-state index in [0.29, 0.717) is 13.0 Å². The molecule has 0 saturated carbocycles. The molecule has 1 amide bonds. The van der Waals surface area contributed by atoms with Crippen molar-refractivity contribution in [3.05, 3.63) is 59.2 Å². The molecular weight excluding hydrogens is 410 g/mol. The molecule has 2 aromatic rings. The van der Waals surface area contributed by atoms with Crippen molar-refractivity contribution < 1.29 is 13.2 Å². The number of nitrogens with zero attached hydrogens (tertiary/aromatic N) is 3. The molecule has 0 N–H and O–H groups in total. The summed E-state index contributed by atoms with van der Waals surface area (Å²) in [5, 5.41) is 0. The van der Waals surface area contributed by atoms with Crippen molar-refractivity contribution in [2.45, 2.75) is 37.6 Å². The largest absolute Gasteiger partial charge is 0.312 e. The second-order valence-corrected chi connectivity index (χ2v) is 10.9. The van der Waals surface area contributed by atoms with Crippen molar-refractivity contribution in [2.75, 3.05) is 38.6 Å². The van der Waals surface area contributed by atoms with Crippen LogP contribution in [0.3, 0.4) is 0 Å². The van der Waals surface area contributed by atoms with Crippen LogP contribution >= 0.6 is 0 Å². The van der Waals surface area contributed by atoms with E-state index in [1.165, 1.54) is 29.5 Å². The van der Waals surface area contributed by atoms with Gasteiger partial charge in [-0.3, -0.25) is 9.69 Å². The van der Waals surface area contributed by atoms with Crippen LogP contribution < -0.4 is 4.90 Å². The van der Waals surface area contributed by atoms with Crippen LogP contribution in [-0.2, 0) is 27.8 Å². The van der Waals surface area contributed by atoms with Gasteiger partial charge in [0.25, 0.3) is 0 Å². The van der Waals surface area contributed by atoms with E-state index < -0.39 is 10.0 Å². The first-order chi connectivity index (χ1) is 14.8. The highest BCUT2D eigenvalue weighted by atomic mass is 32.2. The fourth-order valence-corrected chi connectivity index (χ4v) is 5.52. The van der Waals surface area contributed by atoms with Crippen LogP contribution in [-0.4, -0.2) is 57.3 Å². The van der Waals surface area contributed by atoms with Crippen LogP contribution in [0.15, 0.2) is 47.4 Å². The van der Waals surface area contributed by atoms with E-state index in [9.17, 15) is 13.2 Å². The molecule has 2 aromatic carbocycles. The lowest BCUT2D eigenvalue weighted by Gasteiger charge is -2.33. The van der Waals surface area contributed by atoms with E-state index in [4.69, 9.17) is 0 Å². The van der Waals surface area contributed by atoms with Crippen LogP contribution in [0.2, 0.25) is 0 Å². The Balaban J connectivity index is 1.40. The maximum atomic E-state index is 13.3. The van der Waals surface area contributed by atoms with Gasteiger partial charge in [-0.1, -0.05) is 24.3 Å². The van der Waals surface area contributed by atoms with Gasteiger partial charge in [0.1, 0.15) is 0 Å². The zero-order chi connectivity index (χ0) is 22.2. The lowest BCUT2D eigenvalue weighted by Crippen LogP contribution is -2.42. The van der Waals surface area contributed by atoms with Crippen molar-refractivity contribution in [2.24, 2.45) is 5.92 Å². The minimum Gasteiger partial charge on any atom is -0.312 e. The van der Waals surface area contributed by atoms with Gasteiger partial charge in [-0.05, 0) is 74.2 Å². The van der Waals surface area contributed by atoms with Gasteiger partial charge in [0.05, 0.1) is 4.90 Å². The molecule has 0 bridgehead atoms. The highest BCUT2D eigenvalue weighted by Crippen LogP contribution is 2.33. The number of carbonyl (C=O) groups is 1. The Kier molecular flexibility index (Phi) is 6.19. The molecule has 7 heteroatoms. The number of hydrogen-bond donors (Lipinski definition) is 0. The van der Waals surface area contributed by atoms with Gasteiger partial charge in [-0.15, -0.1) is 0 Å². The molecule has 6 nitrogen and oxygen atoms in total. The molecule has 0 atom stereocenters. The number of hydrogen-bond acceptors (Lipinski definition) is 4. The minimum atomic E-state index is -3.47. The molecular formula is C24H31N3O3S. The third-order valence-corrected chi connectivity index (χ3v) is 8.39. The third-order valence-electron chi connectivity index (χ3n) is 6.58. The molecule has 1 saturated heterocycles. The van der Waals surface area contributed by atoms with Crippen molar-refractivity contribution in [3.63, 3.8) is 0 Å². The van der Waals surface area contributed by atoms with Crippen molar-refractivity contribution in [3.8, 4) is 0 Å². The van der Waals surface area contributed by atoms with Crippen molar-refractivity contribution >= 4 is 21.6 Å². The van der Waals surface area contributed by atoms with E-state index in [-0.39, 0.29) is 16.7 Å². The van der Waals surface area contributed by atoms with Gasteiger partial charge in [0.2, 0.25) is 15.9 Å². The summed E-state index contributed by atoms with van der Waals surface area (Å²) in [6.45, 7) is 5.55. The van der Waals surface area contributed by atoms with Gasteiger partial charge in [0.15, 0.2) is 0 Å². The molecule has 4 rings (SSSR count). The number of aryl methyl sites for hydroxylation is 1. The Morgan fingerprint density at radius 2 is 1.77 bits per heavy atom.